The molecular weight excluding hydrogens is 556 g/mol. The van der Waals surface area contributed by atoms with Gasteiger partial charge in [0.25, 0.3) is 0 Å². The SMILES string of the molecule is CCOc1cccc(Cn2ncc3c(N4CCN(C(=O)C5CCC(N(CCN(C)C)c6ccco6)CC5)CC4)ncnc32)c1. The molecule has 2 fully saturated rings. The van der Waals surface area contributed by atoms with Crippen LogP contribution in [0.5, 0.6) is 5.75 Å². The molecule has 234 valence electrons. The summed E-state index contributed by atoms with van der Waals surface area (Å²) in [5.41, 5.74) is 1.91. The number of anilines is 2. The summed E-state index contributed by atoms with van der Waals surface area (Å²) in [5.74, 6) is 3.06. The molecule has 0 spiro atoms. The van der Waals surface area contributed by atoms with Crippen LogP contribution in [0.15, 0.2) is 59.6 Å². The van der Waals surface area contributed by atoms with E-state index in [0.29, 0.717) is 38.2 Å². The molecule has 11 heteroatoms. The van der Waals surface area contributed by atoms with E-state index in [1.807, 2.05) is 48.1 Å². The highest BCUT2D eigenvalue weighted by Gasteiger charge is 2.34. The number of rotatable bonds is 11. The average molecular weight is 601 g/mol. The summed E-state index contributed by atoms with van der Waals surface area (Å²) >= 11 is 0. The van der Waals surface area contributed by atoms with Crippen LogP contribution >= 0.6 is 0 Å². The molecule has 0 bridgehead atoms. The molecule has 3 aromatic heterocycles. The first-order chi connectivity index (χ1) is 21.5. The summed E-state index contributed by atoms with van der Waals surface area (Å²) in [6.45, 7) is 7.98. The van der Waals surface area contributed by atoms with E-state index in [9.17, 15) is 4.79 Å². The number of amides is 1. The van der Waals surface area contributed by atoms with E-state index in [1.165, 1.54) is 0 Å². The predicted molar refractivity (Wildman–Crippen MR) is 171 cm³/mol. The van der Waals surface area contributed by atoms with Crippen molar-refractivity contribution in [2.75, 3.05) is 69.8 Å². The first-order valence-corrected chi connectivity index (χ1v) is 15.9. The van der Waals surface area contributed by atoms with Gasteiger partial charge in [-0.15, -0.1) is 0 Å². The number of hydrogen-bond acceptors (Lipinski definition) is 9. The molecule has 2 aliphatic rings. The fraction of sp³-hybridized carbons (Fsp3) is 0.515. The van der Waals surface area contributed by atoms with Gasteiger partial charge in [-0.1, -0.05) is 12.1 Å². The van der Waals surface area contributed by atoms with Gasteiger partial charge in [-0.2, -0.15) is 5.10 Å². The maximum Gasteiger partial charge on any atom is 0.225 e. The highest BCUT2D eigenvalue weighted by molar-refractivity contribution is 5.87. The Hall–Kier alpha value is -4.12. The van der Waals surface area contributed by atoms with Crippen molar-refractivity contribution in [3.8, 4) is 5.75 Å². The highest BCUT2D eigenvalue weighted by atomic mass is 16.5. The van der Waals surface area contributed by atoms with Crippen molar-refractivity contribution < 1.29 is 13.9 Å². The van der Waals surface area contributed by atoms with Crippen LogP contribution in [0.1, 0.15) is 38.2 Å². The fourth-order valence-electron chi connectivity index (χ4n) is 6.57. The minimum Gasteiger partial charge on any atom is -0.494 e. The number of piperazine rings is 1. The molecule has 44 heavy (non-hydrogen) atoms. The highest BCUT2D eigenvalue weighted by Crippen LogP contribution is 2.32. The topological polar surface area (TPSA) is 96.0 Å². The lowest BCUT2D eigenvalue weighted by Gasteiger charge is -2.40. The third-order valence-electron chi connectivity index (χ3n) is 8.91. The van der Waals surface area contributed by atoms with Crippen molar-refractivity contribution in [1.29, 1.82) is 0 Å². The molecule has 6 rings (SSSR count). The van der Waals surface area contributed by atoms with Crippen LogP contribution in [0.4, 0.5) is 11.7 Å². The third-order valence-corrected chi connectivity index (χ3v) is 8.91. The van der Waals surface area contributed by atoms with Crippen molar-refractivity contribution in [3.63, 3.8) is 0 Å². The quantitative estimate of drug-likeness (QED) is 0.252. The molecule has 0 N–H and O–H groups in total. The van der Waals surface area contributed by atoms with Gasteiger partial charge in [-0.05, 0) is 70.5 Å². The number of likely N-dealkylation sites (N-methyl/N-ethyl adjacent to an activating group) is 1. The van der Waals surface area contributed by atoms with Gasteiger partial charge in [0.1, 0.15) is 17.9 Å². The van der Waals surface area contributed by atoms with Crippen molar-refractivity contribution in [3.05, 3.63) is 60.7 Å². The zero-order valence-electron chi connectivity index (χ0n) is 26.1. The monoisotopic (exact) mass is 600 g/mol. The Labute approximate surface area is 259 Å². The predicted octanol–water partition coefficient (Wildman–Crippen LogP) is 4.14. The molecule has 4 heterocycles. The molecule has 1 saturated carbocycles. The molecule has 11 nitrogen and oxygen atoms in total. The van der Waals surface area contributed by atoms with Gasteiger partial charge in [-0.3, -0.25) is 4.79 Å². The number of furan rings is 1. The van der Waals surface area contributed by atoms with Crippen LogP contribution in [0.2, 0.25) is 0 Å². The maximum absolute atomic E-state index is 13.6. The molecule has 4 aromatic rings. The van der Waals surface area contributed by atoms with Crippen LogP contribution < -0.4 is 14.5 Å². The first kappa shape index (κ1) is 29.9. The Balaban J connectivity index is 1.04. The molecule has 1 amide bonds. The second-order valence-corrected chi connectivity index (χ2v) is 12.1. The molecule has 0 atom stereocenters. The van der Waals surface area contributed by atoms with E-state index < -0.39 is 0 Å². The van der Waals surface area contributed by atoms with E-state index in [1.54, 1.807) is 12.6 Å². The fourth-order valence-corrected chi connectivity index (χ4v) is 6.57. The number of hydrogen-bond donors (Lipinski definition) is 0. The third kappa shape index (κ3) is 6.67. The minimum atomic E-state index is 0.0929. The van der Waals surface area contributed by atoms with Gasteiger partial charge >= 0.3 is 0 Å². The molecular formula is C33H44N8O3. The van der Waals surface area contributed by atoms with Gasteiger partial charge in [0.05, 0.1) is 31.0 Å². The van der Waals surface area contributed by atoms with E-state index in [2.05, 4.69) is 54.8 Å². The summed E-state index contributed by atoms with van der Waals surface area (Å²) in [4.78, 5) is 31.7. The Morgan fingerprint density at radius 3 is 2.57 bits per heavy atom. The zero-order valence-corrected chi connectivity index (χ0v) is 26.1. The number of carbonyl (C=O) groups excluding carboxylic acids is 1. The maximum atomic E-state index is 13.6. The molecule has 0 unspecified atom stereocenters. The van der Waals surface area contributed by atoms with Crippen LogP contribution in [-0.2, 0) is 11.3 Å². The van der Waals surface area contributed by atoms with E-state index in [-0.39, 0.29) is 5.92 Å². The van der Waals surface area contributed by atoms with Gasteiger partial charge in [-0.25, -0.2) is 14.6 Å². The summed E-state index contributed by atoms with van der Waals surface area (Å²) < 4.78 is 13.3. The number of nitrogens with zero attached hydrogens (tertiary/aromatic N) is 8. The van der Waals surface area contributed by atoms with E-state index >= 15 is 0 Å². The zero-order chi connectivity index (χ0) is 30.5. The van der Waals surface area contributed by atoms with Gasteiger partial charge in [0.15, 0.2) is 11.5 Å². The summed E-state index contributed by atoms with van der Waals surface area (Å²) in [7, 11) is 4.20. The van der Waals surface area contributed by atoms with E-state index in [0.717, 1.165) is 85.9 Å². The second-order valence-electron chi connectivity index (χ2n) is 12.1. The second kappa shape index (κ2) is 13.7. The van der Waals surface area contributed by atoms with Crippen LogP contribution in [0.25, 0.3) is 11.0 Å². The Morgan fingerprint density at radius 1 is 1.02 bits per heavy atom. The number of fused-ring (bicyclic) bond motifs is 1. The standard InChI is InChI=1S/C33H44N8O3/c1-4-43-28-8-5-7-25(21-28)23-41-32-29(22-36-41)31(34-24-35-32)38-15-17-39(18-16-38)33(42)26-10-12-27(13-11-26)40(19-14-37(2)3)30-9-6-20-44-30/h5-9,20-22,24,26-27H,4,10-19,23H2,1-3H3. The largest absolute Gasteiger partial charge is 0.494 e. The van der Waals surface area contributed by atoms with Crippen molar-refractivity contribution in [2.24, 2.45) is 5.92 Å². The Morgan fingerprint density at radius 2 is 1.84 bits per heavy atom. The van der Waals surface area contributed by atoms with E-state index in [4.69, 9.17) is 9.15 Å². The van der Waals surface area contributed by atoms with Crippen LogP contribution in [-0.4, -0.2) is 101 Å². The van der Waals surface area contributed by atoms with Crippen LogP contribution in [0.3, 0.4) is 0 Å². The summed E-state index contributed by atoms with van der Waals surface area (Å²) in [6, 6.07) is 12.5. The van der Waals surface area contributed by atoms with Crippen molar-refractivity contribution >= 4 is 28.6 Å². The molecule has 1 aliphatic heterocycles. The van der Waals surface area contributed by atoms with Gasteiger partial charge < -0.3 is 28.8 Å². The number of carbonyl (C=O) groups is 1. The molecule has 1 aliphatic carbocycles. The summed E-state index contributed by atoms with van der Waals surface area (Å²) in [5, 5.41) is 5.58. The Bertz CT molecular complexity index is 1500. The van der Waals surface area contributed by atoms with Crippen LogP contribution in [0, 0.1) is 5.92 Å². The molecule has 1 saturated heterocycles. The lowest BCUT2D eigenvalue weighted by atomic mass is 9.84. The first-order valence-electron chi connectivity index (χ1n) is 15.9. The number of aromatic nitrogens is 4. The Kier molecular flexibility index (Phi) is 9.30. The molecule has 0 radical (unpaired) electrons. The average Bonchev–Trinajstić information content (AvgIpc) is 3.72. The normalized spacial score (nSPS) is 19.1. The lowest BCUT2D eigenvalue weighted by molar-refractivity contribution is -0.136. The smallest absolute Gasteiger partial charge is 0.225 e. The van der Waals surface area contributed by atoms with Gasteiger partial charge in [0, 0.05) is 57.3 Å². The number of benzene rings is 1. The van der Waals surface area contributed by atoms with Crippen molar-refractivity contribution in [2.45, 2.75) is 45.2 Å². The lowest BCUT2D eigenvalue weighted by Crippen LogP contribution is -2.51. The molecule has 1 aromatic carbocycles. The summed E-state index contributed by atoms with van der Waals surface area (Å²) in [6.07, 6.45) is 9.07. The van der Waals surface area contributed by atoms with Gasteiger partial charge in [0.2, 0.25) is 5.91 Å². The van der Waals surface area contributed by atoms with Crippen molar-refractivity contribution in [1.82, 2.24) is 29.5 Å². The number of ether oxygens (including phenoxy) is 1. The minimum absolute atomic E-state index is 0.0929.